The maximum Gasteiger partial charge on any atom is 0.290 e. The molecule has 39 heavy (non-hydrogen) atoms. The second-order valence-corrected chi connectivity index (χ2v) is 10.3. The molecule has 3 N–H and O–H groups in total. The van der Waals surface area contributed by atoms with Gasteiger partial charge in [-0.2, -0.15) is 10.1 Å². The van der Waals surface area contributed by atoms with E-state index in [9.17, 15) is 5.11 Å². The van der Waals surface area contributed by atoms with Crippen LogP contribution < -0.4 is 10.2 Å². The smallest absolute Gasteiger partial charge is 0.290 e. The summed E-state index contributed by atoms with van der Waals surface area (Å²) in [6, 6.07) is 12.0. The van der Waals surface area contributed by atoms with Gasteiger partial charge in [-0.1, -0.05) is 23.7 Å². The number of halogens is 1. The number of benzene rings is 1. The molecule has 1 fully saturated rings. The van der Waals surface area contributed by atoms with E-state index >= 15 is 0 Å². The topological polar surface area (TPSA) is 124 Å². The first-order valence-corrected chi connectivity index (χ1v) is 13.2. The largest absolute Gasteiger partial charge is 0.483 e. The number of aryl methyl sites for hydroxylation is 1. The quantitative estimate of drug-likeness (QED) is 0.267. The van der Waals surface area contributed by atoms with Gasteiger partial charge in [0.15, 0.2) is 5.65 Å². The number of carboxylic acid groups (broad SMARTS) is 1. The van der Waals surface area contributed by atoms with Crippen LogP contribution in [0.15, 0.2) is 55.0 Å². The lowest BCUT2D eigenvalue weighted by atomic mass is 9.73. The first-order valence-electron chi connectivity index (χ1n) is 12.9. The minimum Gasteiger partial charge on any atom is -0.483 e. The molecule has 0 unspecified atom stereocenters. The monoisotopic (exact) mass is 554 g/mol. The normalized spacial score (nSPS) is 14.7. The van der Waals surface area contributed by atoms with Crippen molar-refractivity contribution >= 4 is 41.0 Å². The zero-order chi connectivity index (χ0) is 27.8. The van der Waals surface area contributed by atoms with Crippen LogP contribution in [-0.4, -0.2) is 86.3 Å². The first-order chi connectivity index (χ1) is 18.9. The van der Waals surface area contributed by atoms with Crippen molar-refractivity contribution in [3.8, 4) is 0 Å². The molecule has 12 heteroatoms. The number of anilines is 3. The Morgan fingerprint density at radius 2 is 1.90 bits per heavy atom. The number of pyridine rings is 1. The van der Waals surface area contributed by atoms with Gasteiger partial charge in [0.1, 0.15) is 0 Å². The van der Waals surface area contributed by atoms with E-state index in [1.165, 1.54) is 0 Å². The first kappa shape index (κ1) is 28.3. The van der Waals surface area contributed by atoms with Gasteiger partial charge in [-0.3, -0.25) is 9.48 Å². The van der Waals surface area contributed by atoms with Crippen molar-refractivity contribution in [2.24, 2.45) is 0 Å². The van der Waals surface area contributed by atoms with Gasteiger partial charge in [-0.15, -0.1) is 5.10 Å². The van der Waals surface area contributed by atoms with E-state index < -0.39 is 0 Å². The molecule has 0 radical (unpaired) electrons. The molecule has 4 heterocycles. The second-order valence-electron chi connectivity index (χ2n) is 9.91. The van der Waals surface area contributed by atoms with E-state index in [2.05, 4.69) is 45.5 Å². The average Bonchev–Trinajstić information content (AvgIpc) is 3.56. The van der Waals surface area contributed by atoms with Gasteiger partial charge in [0.25, 0.3) is 6.47 Å². The molecule has 11 nitrogen and oxygen atoms in total. The Morgan fingerprint density at radius 3 is 2.56 bits per heavy atom. The lowest BCUT2D eigenvalue weighted by molar-refractivity contribution is -0.122. The molecular weight excluding hydrogens is 520 g/mol. The van der Waals surface area contributed by atoms with Gasteiger partial charge >= 0.3 is 0 Å². The van der Waals surface area contributed by atoms with E-state index in [1.54, 1.807) is 6.20 Å². The Morgan fingerprint density at radius 1 is 1.18 bits per heavy atom. The Hall–Kier alpha value is -3.67. The van der Waals surface area contributed by atoms with Crippen LogP contribution in [0.3, 0.4) is 0 Å². The predicted molar refractivity (Wildman–Crippen MR) is 152 cm³/mol. The number of carbonyl (C=O) groups is 1. The highest BCUT2D eigenvalue weighted by atomic mass is 35.5. The van der Waals surface area contributed by atoms with Crippen LogP contribution in [-0.2, 0) is 16.8 Å². The third-order valence-corrected chi connectivity index (χ3v) is 7.30. The molecule has 1 saturated heterocycles. The average molecular weight is 555 g/mol. The van der Waals surface area contributed by atoms with Crippen molar-refractivity contribution in [1.82, 2.24) is 29.3 Å². The van der Waals surface area contributed by atoms with Crippen molar-refractivity contribution in [2.45, 2.75) is 31.2 Å². The lowest BCUT2D eigenvalue weighted by Crippen LogP contribution is -2.45. The number of aliphatic hydroxyl groups is 1. The minimum atomic E-state index is -0.251. The molecule has 4 aromatic rings. The molecule has 0 saturated carbocycles. The highest BCUT2D eigenvalue weighted by molar-refractivity contribution is 6.30. The summed E-state index contributed by atoms with van der Waals surface area (Å²) in [5.74, 6) is 0.540. The number of aliphatic hydroxyl groups excluding tert-OH is 1. The van der Waals surface area contributed by atoms with Crippen LogP contribution in [0.5, 0.6) is 0 Å². The van der Waals surface area contributed by atoms with Crippen LogP contribution >= 0.6 is 11.6 Å². The SMILES string of the molecule is CN(C)CCCn1cc(Nc2nc3c(N4CCC(CO)(c5ccc(Cl)cc5)CC4)cccn3n2)cn1.O=CO. The third kappa shape index (κ3) is 6.86. The predicted octanol–water partition coefficient (Wildman–Crippen LogP) is 3.51. The second kappa shape index (κ2) is 12.9. The van der Waals surface area contributed by atoms with Crippen molar-refractivity contribution in [3.63, 3.8) is 0 Å². The summed E-state index contributed by atoms with van der Waals surface area (Å²) in [7, 11) is 4.15. The highest BCUT2D eigenvalue weighted by Crippen LogP contribution is 2.37. The van der Waals surface area contributed by atoms with Crippen molar-refractivity contribution in [2.75, 3.05) is 50.6 Å². The highest BCUT2D eigenvalue weighted by Gasteiger charge is 2.36. The number of aromatic nitrogens is 5. The maximum absolute atomic E-state index is 10.3. The molecule has 3 aromatic heterocycles. The number of piperidine rings is 1. The van der Waals surface area contributed by atoms with Gasteiger partial charge in [0.05, 0.1) is 24.2 Å². The summed E-state index contributed by atoms with van der Waals surface area (Å²) in [6.45, 7) is 3.39. The van der Waals surface area contributed by atoms with Crippen LogP contribution in [0.2, 0.25) is 5.02 Å². The summed E-state index contributed by atoms with van der Waals surface area (Å²) >= 11 is 6.09. The Bertz CT molecular complexity index is 1350. The van der Waals surface area contributed by atoms with Crippen LogP contribution in [0.25, 0.3) is 5.65 Å². The fourth-order valence-electron chi connectivity index (χ4n) is 4.94. The number of nitrogens with zero attached hydrogens (tertiary/aromatic N) is 7. The van der Waals surface area contributed by atoms with E-state index in [1.807, 2.05) is 51.9 Å². The molecule has 0 spiro atoms. The molecule has 0 atom stereocenters. The molecule has 0 bridgehead atoms. The summed E-state index contributed by atoms with van der Waals surface area (Å²) in [4.78, 5) is 17.7. The van der Waals surface area contributed by atoms with E-state index in [0.717, 1.165) is 68.0 Å². The maximum atomic E-state index is 10.3. The number of hydrogen-bond acceptors (Lipinski definition) is 8. The summed E-state index contributed by atoms with van der Waals surface area (Å²) in [5.41, 5.74) is 3.61. The van der Waals surface area contributed by atoms with E-state index in [4.69, 9.17) is 26.5 Å². The number of hydrogen-bond donors (Lipinski definition) is 3. The van der Waals surface area contributed by atoms with Crippen molar-refractivity contribution in [1.29, 1.82) is 0 Å². The van der Waals surface area contributed by atoms with Gasteiger partial charge in [-0.05, 0) is 69.7 Å². The molecule has 1 aliphatic heterocycles. The molecule has 208 valence electrons. The van der Waals surface area contributed by atoms with Gasteiger partial charge in [-0.25, -0.2) is 4.52 Å². The van der Waals surface area contributed by atoms with Crippen molar-refractivity contribution < 1.29 is 15.0 Å². The number of rotatable bonds is 9. The zero-order valence-corrected chi connectivity index (χ0v) is 23.0. The van der Waals surface area contributed by atoms with Gasteiger partial charge in [0, 0.05) is 42.5 Å². The van der Waals surface area contributed by atoms with Gasteiger partial charge < -0.3 is 25.3 Å². The summed E-state index contributed by atoms with van der Waals surface area (Å²) in [6.07, 6.45) is 8.43. The van der Waals surface area contributed by atoms with Crippen LogP contribution in [0.4, 0.5) is 17.3 Å². The number of nitrogens with one attached hydrogen (secondary N) is 1. The van der Waals surface area contributed by atoms with Crippen LogP contribution in [0, 0.1) is 0 Å². The Balaban J connectivity index is 0.00000112. The molecule has 5 rings (SSSR count). The van der Waals surface area contributed by atoms with Crippen molar-refractivity contribution in [3.05, 3.63) is 65.6 Å². The van der Waals surface area contributed by atoms with E-state index in [-0.39, 0.29) is 18.5 Å². The lowest BCUT2D eigenvalue weighted by Gasteiger charge is -2.42. The molecule has 0 aliphatic carbocycles. The fourth-order valence-corrected chi connectivity index (χ4v) is 5.06. The standard InChI is InChI=1S/C26H33ClN8O.CH2O2/c1-32(2)12-4-13-34-18-22(17-28-34)29-25-30-24-23(5-3-14-35(24)31-25)33-15-10-26(19-36,11-16-33)20-6-8-21(27)9-7-20;2-1-3/h3,5-9,14,17-18,36H,4,10-13,15-16,19H2,1-2H3,(H,29,31);1H,(H,2,3). The molecule has 1 aliphatic rings. The third-order valence-electron chi connectivity index (χ3n) is 7.04. The molecule has 0 amide bonds. The Labute approximate surface area is 232 Å². The number of fused-ring (bicyclic) bond motifs is 1. The minimum absolute atomic E-state index is 0.120. The molecule has 1 aromatic carbocycles. The van der Waals surface area contributed by atoms with Crippen LogP contribution in [0.1, 0.15) is 24.8 Å². The van der Waals surface area contributed by atoms with E-state index in [0.29, 0.717) is 11.0 Å². The fraction of sp³-hybridized carbons (Fsp3) is 0.407. The van der Waals surface area contributed by atoms with Gasteiger partial charge in [0.2, 0.25) is 5.95 Å². The summed E-state index contributed by atoms with van der Waals surface area (Å²) in [5, 5.41) is 30.3. The Kier molecular flexibility index (Phi) is 9.39. The molecular formula is C27H35ClN8O3. The zero-order valence-electron chi connectivity index (χ0n) is 22.2. The summed E-state index contributed by atoms with van der Waals surface area (Å²) < 4.78 is 3.75.